The number of rotatable bonds is 7. The Morgan fingerprint density at radius 2 is 1.71 bits per heavy atom. The summed E-state index contributed by atoms with van der Waals surface area (Å²) in [6.07, 6.45) is 10.9. The quantitative estimate of drug-likeness (QED) is 0.449. The summed E-state index contributed by atoms with van der Waals surface area (Å²) >= 11 is 0. The largest absolute Gasteiger partial charge is 0.393 e. The van der Waals surface area contributed by atoms with Crippen molar-refractivity contribution in [3.8, 4) is 0 Å². The number of hydrogen-bond donors (Lipinski definition) is 3. The summed E-state index contributed by atoms with van der Waals surface area (Å²) in [6, 6.07) is 0. The van der Waals surface area contributed by atoms with Crippen LogP contribution in [0.3, 0.4) is 0 Å². The van der Waals surface area contributed by atoms with Gasteiger partial charge in [-0.15, -0.1) is 0 Å². The molecule has 0 bridgehead atoms. The van der Waals surface area contributed by atoms with E-state index in [9.17, 15) is 15.3 Å². The number of aliphatic hydroxyl groups is 3. The molecule has 5 rings (SSSR count). The third-order valence-electron chi connectivity index (χ3n) is 12.6. The molecule has 196 valence electrons. The third kappa shape index (κ3) is 3.37. The molecule has 0 aromatic heterocycles. The Bertz CT molecular complexity index is 757. The van der Waals surface area contributed by atoms with Gasteiger partial charge in [-0.3, -0.25) is 0 Å². The van der Waals surface area contributed by atoms with E-state index in [0.29, 0.717) is 41.1 Å². The van der Waals surface area contributed by atoms with Crippen molar-refractivity contribution in [1.82, 2.24) is 0 Å². The van der Waals surface area contributed by atoms with Crippen LogP contribution in [0.1, 0.15) is 106 Å². The minimum atomic E-state index is -0.819. The van der Waals surface area contributed by atoms with Crippen molar-refractivity contribution in [3.05, 3.63) is 0 Å². The van der Waals surface area contributed by atoms with Crippen molar-refractivity contribution < 1.29 is 20.1 Å². The number of hydrogen-bond acceptors (Lipinski definition) is 4. The highest BCUT2D eigenvalue weighted by molar-refractivity contribution is 5.31. The summed E-state index contributed by atoms with van der Waals surface area (Å²) in [7, 11) is 0. The Morgan fingerprint density at radius 3 is 2.38 bits per heavy atom. The number of fused-ring (bicyclic) bond motifs is 2. The second kappa shape index (κ2) is 8.43. The van der Waals surface area contributed by atoms with E-state index in [0.717, 1.165) is 43.9 Å². The van der Waals surface area contributed by atoms with Gasteiger partial charge >= 0.3 is 0 Å². The third-order valence-corrected chi connectivity index (χ3v) is 12.6. The first kappa shape index (κ1) is 25.5. The van der Waals surface area contributed by atoms with E-state index in [1.165, 1.54) is 32.1 Å². The van der Waals surface area contributed by atoms with Crippen LogP contribution in [-0.2, 0) is 4.74 Å². The van der Waals surface area contributed by atoms with E-state index >= 15 is 0 Å². The van der Waals surface area contributed by atoms with Crippen LogP contribution in [0.25, 0.3) is 0 Å². The maximum absolute atomic E-state index is 11.2. The van der Waals surface area contributed by atoms with Crippen molar-refractivity contribution in [2.45, 2.75) is 130 Å². The molecule has 5 fully saturated rings. The highest BCUT2D eigenvalue weighted by Crippen LogP contribution is 2.88. The SMILES string of the molecule is CCO[C@@H](CCC[C@@H]1C2CC[C@@]34[C@H](C)C35CC[C@H](O)C(C)(C)C5CC[C@H]4C2C[C@H]1O)C(C)(C)O. The summed E-state index contributed by atoms with van der Waals surface area (Å²) in [5.41, 5.74) is 0.141. The lowest BCUT2D eigenvalue weighted by molar-refractivity contribution is -0.122. The van der Waals surface area contributed by atoms with Crippen molar-refractivity contribution in [2.24, 2.45) is 51.8 Å². The zero-order valence-corrected chi connectivity index (χ0v) is 22.7. The Labute approximate surface area is 208 Å². The summed E-state index contributed by atoms with van der Waals surface area (Å²) in [5.74, 6) is 3.98. The van der Waals surface area contributed by atoms with E-state index in [1.807, 2.05) is 20.8 Å². The molecule has 5 saturated carbocycles. The maximum atomic E-state index is 11.2. The second-order valence-corrected chi connectivity index (χ2v) is 14.3. The van der Waals surface area contributed by atoms with Gasteiger partial charge in [0, 0.05) is 6.61 Å². The zero-order chi connectivity index (χ0) is 24.7. The molecule has 5 aliphatic carbocycles. The van der Waals surface area contributed by atoms with Crippen LogP contribution in [-0.4, -0.2) is 45.8 Å². The standard InChI is InChI=1S/C30H52O4/c1-7-34-26(28(5,6)33)10-8-9-20-19-13-15-29-18(2)30(29)16-14-25(32)27(3,4)24(30)12-11-22(29)21(19)17-23(20)31/h18-26,31-33H,7-17H2,1-6H3/t18-,19?,20+,21?,22-,23+,24?,25-,26-,29-,30?/m0/s1. The molecule has 4 nitrogen and oxygen atoms in total. The molecule has 4 unspecified atom stereocenters. The van der Waals surface area contributed by atoms with E-state index in [-0.39, 0.29) is 23.7 Å². The summed E-state index contributed by atoms with van der Waals surface area (Å²) in [5, 5.41) is 32.6. The Kier molecular flexibility index (Phi) is 6.32. The molecule has 11 atom stereocenters. The lowest BCUT2D eigenvalue weighted by Crippen LogP contribution is -2.52. The van der Waals surface area contributed by atoms with Gasteiger partial charge in [0.1, 0.15) is 0 Å². The molecular formula is C30H52O4. The monoisotopic (exact) mass is 476 g/mol. The molecule has 0 amide bonds. The van der Waals surface area contributed by atoms with Gasteiger partial charge in [0.15, 0.2) is 0 Å². The van der Waals surface area contributed by atoms with E-state index < -0.39 is 5.60 Å². The number of ether oxygens (including phenoxy) is 1. The van der Waals surface area contributed by atoms with Gasteiger partial charge < -0.3 is 20.1 Å². The average molecular weight is 477 g/mol. The normalized spacial score (nSPS) is 50.0. The molecule has 3 N–H and O–H groups in total. The van der Waals surface area contributed by atoms with Gasteiger partial charge in [-0.1, -0.05) is 27.2 Å². The molecule has 0 radical (unpaired) electrons. The fraction of sp³-hybridized carbons (Fsp3) is 1.00. The Balaban J connectivity index is 1.29. The van der Waals surface area contributed by atoms with Gasteiger partial charge in [0.25, 0.3) is 0 Å². The molecule has 2 spiro atoms. The molecule has 0 heterocycles. The van der Waals surface area contributed by atoms with Crippen molar-refractivity contribution in [3.63, 3.8) is 0 Å². The predicted octanol–water partition coefficient (Wildman–Crippen LogP) is 5.57. The molecule has 0 aliphatic heterocycles. The summed E-state index contributed by atoms with van der Waals surface area (Å²) in [6.45, 7) is 13.6. The van der Waals surface area contributed by atoms with Crippen molar-refractivity contribution in [1.29, 1.82) is 0 Å². The van der Waals surface area contributed by atoms with Crippen LogP contribution in [0.5, 0.6) is 0 Å². The van der Waals surface area contributed by atoms with Gasteiger partial charge in [0.2, 0.25) is 0 Å². The van der Waals surface area contributed by atoms with E-state index in [2.05, 4.69) is 20.8 Å². The lowest BCUT2D eigenvalue weighted by atomic mass is 9.48. The smallest absolute Gasteiger partial charge is 0.0856 e. The minimum absolute atomic E-state index is 0.0349. The highest BCUT2D eigenvalue weighted by atomic mass is 16.5. The number of aliphatic hydroxyl groups excluding tert-OH is 2. The first-order valence-electron chi connectivity index (χ1n) is 14.6. The minimum Gasteiger partial charge on any atom is -0.393 e. The van der Waals surface area contributed by atoms with E-state index in [1.54, 1.807) is 0 Å². The first-order valence-corrected chi connectivity index (χ1v) is 14.6. The summed E-state index contributed by atoms with van der Waals surface area (Å²) < 4.78 is 5.85. The van der Waals surface area contributed by atoms with Crippen LogP contribution in [0.2, 0.25) is 0 Å². The first-order chi connectivity index (χ1) is 15.9. The van der Waals surface area contributed by atoms with Crippen LogP contribution >= 0.6 is 0 Å². The zero-order valence-electron chi connectivity index (χ0n) is 22.7. The fourth-order valence-corrected chi connectivity index (χ4v) is 11.2. The fourth-order valence-electron chi connectivity index (χ4n) is 11.2. The van der Waals surface area contributed by atoms with Crippen molar-refractivity contribution in [2.75, 3.05) is 6.61 Å². The molecule has 5 aliphatic rings. The van der Waals surface area contributed by atoms with Gasteiger partial charge in [-0.2, -0.15) is 0 Å². The van der Waals surface area contributed by atoms with Gasteiger partial charge in [0.05, 0.1) is 23.9 Å². The Hall–Kier alpha value is -0.160. The topological polar surface area (TPSA) is 69.9 Å². The molecule has 0 aromatic carbocycles. The maximum Gasteiger partial charge on any atom is 0.0856 e. The predicted molar refractivity (Wildman–Crippen MR) is 135 cm³/mol. The van der Waals surface area contributed by atoms with Crippen LogP contribution < -0.4 is 0 Å². The molecule has 34 heavy (non-hydrogen) atoms. The average Bonchev–Trinajstić information content (AvgIpc) is 3.11. The van der Waals surface area contributed by atoms with E-state index in [4.69, 9.17) is 4.74 Å². The lowest BCUT2D eigenvalue weighted by Gasteiger charge is -2.57. The molecule has 0 saturated heterocycles. The summed E-state index contributed by atoms with van der Waals surface area (Å²) in [4.78, 5) is 0. The molecular weight excluding hydrogens is 424 g/mol. The Morgan fingerprint density at radius 1 is 1.00 bits per heavy atom. The van der Waals surface area contributed by atoms with Crippen molar-refractivity contribution >= 4 is 0 Å². The molecule has 0 aromatic rings. The highest BCUT2D eigenvalue weighted by Gasteiger charge is 2.83. The molecule has 4 heteroatoms. The van der Waals surface area contributed by atoms with Crippen LogP contribution in [0, 0.1) is 51.8 Å². The van der Waals surface area contributed by atoms with Gasteiger partial charge in [-0.25, -0.2) is 0 Å². The van der Waals surface area contributed by atoms with Crippen LogP contribution in [0.4, 0.5) is 0 Å². The van der Waals surface area contributed by atoms with Crippen LogP contribution in [0.15, 0.2) is 0 Å². The van der Waals surface area contributed by atoms with Gasteiger partial charge in [-0.05, 0) is 130 Å². The second-order valence-electron chi connectivity index (χ2n) is 14.3.